The largest absolute Gasteiger partial charge is 0.337 e. The van der Waals surface area contributed by atoms with Gasteiger partial charge in [0.05, 0.1) is 21.7 Å². The SMILES string of the molecule is CC(=O)N1CCc2c(sc(NC(=O)/C=C/c3cccc([N+](=O)[O-])c3)c2-c2nc3ccccc3s2)C1. The molecule has 5 rings (SSSR count). The number of nitro groups is 1. The normalized spacial score (nSPS) is 13.2. The maximum absolute atomic E-state index is 12.8. The summed E-state index contributed by atoms with van der Waals surface area (Å²) in [6, 6.07) is 14.0. The molecule has 2 aromatic heterocycles. The van der Waals surface area contributed by atoms with Gasteiger partial charge in [0, 0.05) is 42.1 Å². The number of benzene rings is 2. The highest BCUT2D eigenvalue weighted by molar-refractivity contribution is 7.23. The van der Waals surface area contributed by atoms with Crippen molar-refractivity contribution in [3.05, 3.63) is 80.7 Å². The number of nitro benzene ring substituents is 1. The molecule has 0 spiro atoms. The molecule has 0 unspecified atom stereocenters. The van der Waals surface area contributed by atoms with Crippen LogP contribution in [0.3, 0.4) is 0 Å². The highest BCUT2D eigenvalue weighted by Crippen LogP contribution is 2.45. The van der Waals surface area contributed by atoms with Crippen LogP contribution < -0.4 is 5.32 Å². The molecule has 8 nitrogen and oxygen atoms in total. The first-order valence-corrected chi connectivity index (χ1v) is 12.5. The van der Waals surface area contributed by atoms with Crippen LogP contribution in [0.1, 0.15) is 22.9 Å². The molecule has 0 saturated heterocycles. The molecule has 2 aromatic carbocycles. The standard InChI is InChI=1S/C25H20N4O4S2/c1-15(30)28-12-11-18-21(14-28)35-25(23(18)24-26-19-7-2-3-8-20(19)34-24)27-22(31)10-9-16-5-4-6-17(13-16)29(32)33/h2-10,13H,11-12,14H2,1H3,(H,27,31)/b10-9+. The van der Waals surface area contributed by atoms with Crippen molar-refractivity contribution < 1.29 is 14.5 Å². The van der Waals surface area contributed by atoms with Crippen LogP contribution in [-0.4, -0.2) is 33.2 Å². The molecular weight excluding hydrogens is 484 g/mol. The number of fused-ring (bicyclic) bond motifs is 2. The number of non-ortho nitro benzene ring substituents is 1. The summed E-state index contributed by atoms with van der Waals surface area (Å²) in [4.78, 5) is 43.0. The lowest BCUT2D eigenvalue weighted by atomic mass is 10.0. The molecule has 176 valence electrons. The number of nitrogens with one attached hydrogen (secondary N) is 1. The molecule has 0 bridgehead atoms. The zero-order valence-electron chi connectivity index (χ0n) is 18.7. The Hall–Kier alpha value is -3.89. The van der Waals surface area contributed by atoms with Crippen molar-refractivity contribution in [3.63, 3.8) is 0 Å². The first-order valence-electron chi connectivity index (χ1n) is 10.9. The minimum Gasteiger partial charge on any atom is -0.337 e. The van der Waals surface area contributed by atoms with Gasteiger partial charge >= 0.3 is 0 Å². The smallest absolute Gasteiger partial charge is 0.270 e. The van der Waals surface area contributed by atoms with Crippen molar-refractivity contribution in [2.45, 2.75) is 19.9 Å². The van der Waals surface area contributed by atoms with E-state index in [-0.39, 0.29) is 17.5 Å². The van der Waals surface area contributed by atoms with Crippen LogP contribution in [0.2, 0.25) is 0 Å². The maximum atomic E-state index is 12.8. The van der Waals surface area contributed by atoms with Gasteiger partial charge in [0.25, 0.3) is 5.69 Å². The van der Waals surface area contributed by atoms with Crippen LogP contribution in [0.25, 0.3) is 26.9 Å². The number of hydrogen-bond acceptors (Lipinski definition) is 7. The number of thiophene rings is 1. The van der Waals surface area contributed by atoms with E-state index in [4.69, 9.17) is 4.98 Å². The van der Waals surface area contributed by atoms with Crippen molar-refractivity contribution in [1.29, 1.82) is 0 Å². The summed E-state index contributed by atoms with van der Waals surface area (Å²) in [6.07, 6.45) is 3.60. The van der Waals surface area contributed by atoms with Crippen LogP contribution in [0.15, 0.2) is 54.6 Å². The van der Waals surface area contributed by atoms with Crippen LogP contribution >= 0.6 is 22.7 Å². The number of thiazole rings is 1. The number of nitrogens with zero attached hydrogens (tertiary/aromatic N) is 3. The lowest BCUT2D eigenvalue weighted by Gasteiger charge is -2.25. The Labute approximate surface area is 208 Å². The Morgan fingerprint density at radius 2 is 2.00 bits per heavy atom. The van der Waals surface area contributed by atoms with E-state index >= 15 is 0 Å². The zero-order chi connectivity index (χ0) is 24.5. The summed E-state index contributed by atoms with van der Waals surface area (Å²) in [7, 11) is 0. The first kappa shape index (κ1) is 22.9. The zero-order valence-corrected chi connectivity index (χ0v) is 20.3. The highest BCUT2D eigenvalue weighted by Gasteiger charge is 2.28. The molecule has 4 aromatic rings. The summed E-state index contributed by atoms with van der Waals surface area (Å²) >= 11 is 3.03. The van der Waals surface area contributed by atoms with Gasteiger partial charge in [0.2, 0.25) is 11.8 Å². The number of carbonyl (C=O) groups is 2. The fourth-order valence-electron chi connectivity index (χ4n) is 4.03. The molecular formula is C25H20N4O4S2. The Balaban J connectivity index is 1.48. The minimum atomic E-state index is -0.470. The van der Waals surface area contributed by atoms with Gasteiger partial charge in [-0.25, -0.2) is 4.98 Å². The van der Waals surface area contributed by atoms with Crippen molar-refractivity contribution in [2.24, 2.45) is 0 Å². The number of rotatable bonds is 5. The lowest BCUT2D eigenvalue weighted by Crippen LogP contribution is -2.33. The van der Waals surface area contributed by atoms with Crippen LogP contribution in [-0.2, 0) is 22.6 Å². The highest BCUT2D eigenvalue weighted by atomic mass is 32.1. The Morgan fingerprint density at radius 3 is 2.77 bits per heavy atom. The van der Waals surface area contributed by atoms with Gasteiger partial charge in [0.15, 0.2) is 0 Å². The van der Waals surface area contributed by atoms with Crippen molar-refractivity contribution in [2.75, 3.05) is 11.9 Å². The van der Waals surface area contributed by atoms with Gasteiger partial charge in [-0.2, -0.15) is 0 Å². The molecule has 35 heavy (non-hydrogen) atoms. The molecule has 1 aliphatic heterocycles. The maximum Gasteiger partial charge on any atom is 0.270 e. The third-order valence-electron chi connectivity index (χ3n) is 5.75. The Morgan fingerprint density at radius 1 is 1.17 bits per heavy atom. The average Bonchev–Trinajstić information content (AvgIpc) is 3.42. The van der Waals surface area contributed by atoms with Gasteiger partial charge in [-0.15, -0.1) is 22.7 Å². The van der Waals surface area contributed by atoms with Gasteiger partial charge in [-0.1, -0.05) is 24.3 Å². The van der Waals surface area contributed by atoms with E-state index in [1.54, 1.807) is 41.4 Å². The van der Waals surface area contributed by atoms with E-state index in [1.807, 2.05) is 24.3 Å². The van der Waals surface area contributed by atoms with E-state index in [2.05, 4.69) is 5.32 Å². The Kier molecular flexibility index (Phi) is 6.14. The number of para-hydroxylation sites is 1. The lowest BCUT2D eigenvalue weighted by molar-refractivity contribution is -0.384. The second-order valence-corrected chi connectivity index (χ2v) is 10.2. The monoisotopic (exact) mass is 504 g/mol. The number of aromatic nitrogens is 1. The van der Waals surface area contributed by atoms with Crippen molar-refractivity contribution in [1.82, 2.24) is 9.88 Å². The fraction of sp³-hybridized carbons (Fsp3) is 0.160. The van der Waals surface area contributed by atoms with Crippen LogP contribution in [0.4, 0.5) is 10.7 Å². The molecule has 3 heterocycles. The van der Waals surface area contributed by atoms with Crippen LogP contribution in [0, 0.1) is 10.1 Å². The summed E-state index contributed by atoms with van der Waals surface area (Å²) in [5, 5.41) is 15.5. The molecule has 0 aliphatic carbocycles. The molecule has 2 amide bonds. The second kappa shape index (κ2) is 9.40. The molecule has 0 saturated carbocycles. The minimum absolute atomic E-state index is 0.0241. The average molecular weight is 505 g/mol. The van der Waals surface area contributed by atoms with E-state index in [0.29, 0.717) is 30.1 Å². The number of carbonyl (C=O) groups excluding carboxylic acids is 2. The predicted molar refractivity (Wildman–Crippen MR) is 138 cm³/mol. The Bertz CT molecular complexity index is 1470. The first-order chi connectivity index (χ1) is 16.9. The van der Waals surface area contributed by atoms with Gasteiger partial charge < -0.3 is 10.2 Å². The van der Waals surface area contributed by atoms with E-state index in [0.717, 1.165) is 31.2 Å². The summed E-state index contributed by atoms with van der Waals surface area (Å²) < 4.78 is 1.06. The van der Waals surface area contributed by atoms with Crippen molar-refractivity contribution >= 4 is 61.5 Å². The third-order valence-corrected chi connectivity index (χ3v) is 7.94. The van der Waals surface area contributed by atoms with E-state index in [9.17, 15) is 19.7 Å². The fourth-order valence-corrected chi connectivity index (χ4v) is 6.41. The topological polar surface area (TPSA) is 105 Å². The summed E-state index contributed by atoms with van der Waals surface area (Å²) in [5.41, 5.74) is 3.45. The third kappa shape index (κ3) is 4.71. The molecule has 1 N–H and O–H groups in total. The molecule has 0 atom stereocenters. The molecule has 0 fully saturated rings. The van der Waals surface area contributed by atoms with Gasteiger partial charge in [0.1, 0.15) is 10.0 Å². The summed E-state index contributed by atoms with van der Waals surface area (Å²) in [6.45, 7) is 2.69. The quantitative estimate of drug-likeness (QED) is 0.220. The molecule has 0 radical (unpaired) electrons. The number of amides is 2. The number of anilines is 1. The van der Waals surface area contributed by atoms with E-state index < -0.39 is 4.92 Å². The molecule has 10 heteroatoms. The second-order valence-electron chi connectivity index (χ2n) is 8.06. The summed E-state index contributed by atoms with van der Waals surface area (Å²) in [5.74, 6) is -0.322. The van der Waals surface area contributed by atoms with Crippen LogP contribution in [0.5, 0.6) is 0 Å². The van der Waals surface area contributed by atoms with E-state index in [1.165, 1.54) is 29.5 Å². The number of hydrogen-bond donors (Lipinski definition) is 1. The van der Waals surface area contributed by atoms with Gasteiger partial charge in [-0.05, 0) is 35.8 Å². The van der Waals surface area contributed by atoms with Gasteiger partial charge in [-0.3, -0.25) is 19.7 Å². The van der Waals surface area contributed by atoms with Crippen molar-refractivity contribution in [3.8, 4) is 10.6 Å². The predicted octanol–water partition coefficient (Wildman–Crippen LogP) is 5.49. The molecule has 1 aliphatic rings.